The summed E-state index contributed by atoms with van der Waals surface area (Å²) in [5.74, 6) is -2.05. The van der Waals surface area contributed by atoms with Gasteiger partial charge < -0.3 is 25.2 Å². The lowest BCUT2D eigenvalue weighted by atomic mass is 10.1. The molecule has 39 heavy (non-hydrogen) atoms. The van der Waals surface area contributed by atoms with Crippen molar-refractivity contribution in [2.75, 3.05) is 78.3 Å². The van der Waals surface area contributed by atoms with E-state index in [1.165, 1.54) is 0 Å². The zero-order chi connectivity index (χ0) is 28.8. The van der Waals surface area contributed by atoms with Crippen LogP contribution in [0.3, 0.4) is 0 Å². The van der Waals surface area contributed by atoms with Gasteiger partial charge in [0.1, 0.15) is 6.29 Å². The van der Waals surface area contributed by atoms with Crippen LogP contribution in [-0.2, 0) is 20.5 Å². The second-order valence-corrected chi connectivity index (χ2v) is 11.7. The minimum atomic E-state index is -1.41. The van der Waals surface area contributed by atoms with Gasteiger partial charge in [0.15, 0.2) is 0 Å². The molecule has 1 unspecified atom stereocenters. The van der Waals surface area contributed by atoms with Gasteiger partial charge >= 0.3 is 11.9 Å². The van der Waals surface area contributed by atoms with Crippen molar-refractivity contribution in [2.45, 2.75) is 26.1 Å². The van der Waals surface area contributed by atoms with Crippen LogP contribution in [0.1, 0.15) is 29.8 Å². The molecular weight excluding hydrogens is 525 g/mol. The largest absolute Gasteiger partial charge is 0.480 e. The molecule has 2 rings (SSSR count). The number of nitrogens with one attached hydrogen (secondary N) is 1. The van der Waals surface area contributed by atoms with Crippen LogP contribution >= 0.6 is 8.15 Å². The van der Waals surface area contributed by atoms with Crippen LogP contribution in [0.5, 0.6) is 0 Å². The summed E-state index contributed by atoms with van der Waals surface area (Å²) in [5.41, 5.74) is 1.49. The van der Waals surface area contributed by atoms with Crippen molar-refractivity contribution in [1.29, 1.82) is 0 Å². The van der Waals surface area contributed by atoms with E-state index in [0.29, 0.717) is 70.4 Å². The molecule has 0 saturated carbocycles. The fourth-order valence-electron chi connectivity index (χ4n) is 4.31. The predicted molar refractivity (Wildman–Crippen MR) is 149 cm³/mol. The average molecular weight is 568 g/mol. The van der Waals surface area contributed by atoms with Crippen LogP contribution in [0.2, 0.25) is 0 Å². The molecule has 1 saturated heterocycles. The Balaban J connectivity index is 2.06. The van der Waals surface area contributed by atoms with Crippen molar-refractivity contribution >= 4 is 32.3 Å². The van der Waals surface area contributed by atoms with Crippen molar-refractivity contribution in [3.05, 3.63) is 35.4 Å². The number of benzene rings is 1. The lowest BCUT2D eigenvalue weighted by molar-refractivity contribution is -0.140. The molecule has 0 bridgehead atoms. The molecule has 1 aliphatic rings. The fourth-order valence-corrected chi connectivity index (χ4v) is 5.78. The molecule has 0 aliphatic carbocycles. The molecule has 0 spiro atoms. The van der Waals surface area contributed by atoms with Crippen LogP contribution in [-0.4, -0.2) is 143 Å². The van der Waals surface area contributed by atoms with Crippen molar-refractivity contribution in [3.8, 4) is 0 Å². The van der Waals surface area contributed by atoms with Crippen LogP contribution in [0.4, 0.5) is 0 Å². The van der Waals surface area contributed by atoms with Crippen molar-refractivity contribution in [1.82, 2.24) is 24.9 Å². The van der Waals surface area contributed by atoms with Crippen LogP contribution in [0, 0.1) is 0 Å². The molecule has 13 heteroatoms. The minimum absolute atomic E-state index is 0.0417. The van der Waals surface area contributed by atoms with E-state index in [2.05, 4.69) is 10.2 Å². The first-order valence-corrected chi connectivity index (χ1v) is 14.8. The number of rotatable bonds is 12. The molecule has 12 nitrogen and oxygen atoms in total. The number of hydrogen-bond donors (Lipinski definition) is 4. The van der Waals surface area contributed by atoms with E-state index in [1.54, 1.807) is 21.9 Å². The molecule has 1 aromatic rings. The lowest BCUT2D eigenvalue weighted by Crippen LogP contribution is -2.48. The van der Waals surface area contributed by atoms with Gasteiger partial charge in [0.05, 0.1) is 19.6 Å². The monoisotopic (exact) mass is 567 g/mol. The zero-order valence-electron chi connectivity index (χ0n) is 22.9. The number of aldehydes is 1. The minimum Gasteiger partial charge on any atom is -0.480 e. The molecule has 1 aromatic carbocycles. The van der Waals surface area contributed by atoms with E-state index in [1.807, 2.05) is 30.9 Å². The number of amides is 1. The van der Waals surface area contributed by atoms with Gasteiger partial charge in [-0.1, -0.05) is 12.1 Å². The van der Waals surface area contributed by atoms with Gasteiger partial charge in [-0.25, -0.2) is 0 Å². The van der Waals surface area contributed by atoms with Gasteiger partial charge in [0.25, 0.3) is 5.91 Å². The Hall–Kier alpha value is -2.47. The maximum Gasteiger partial charge on any atom is 0.317 e. The summed E-state index contributed by atoms with van der Waals surface area (Å²) in [6.07, 6.45) is 1.71. The number of carbonyl (C=O) groups is 4. The second-order valence-electron chi connectivity index (χ2n) is 10.1. The highest BCUT2D eigenvalue weighted by Gasteiger charge is 2.20. The SMILES string of the molecule is CC(C)NC(=O)c1ccc(CP(O)CN2CCN(CC=O)CCN(CC(=O)O)CCN(CC(=O)O)CC2)cc1. The zero-order valence-corrected chi connectivity index (χ0v) is 23.8. The number of carboxylic acids is 2. The third-order valence-electron chi connectivity index (χ3n) is 6.34. The van der Waals surface area contributed by atoms with Gasteiger partial charge in [-0.05, 0) is 31.5 Å². The fraction of sp³-hybridized carbons (Fsp3) is 0.615. The molecule has 0 radical (unpaired) electrons. The normalized spacial score (nSPS) is 18.2. The molecule has 1 atom stereocenters. The molecule has 0 aromatic heterocycles. The molecule has 1 aliphatic heterocycles. The van der Waals surface area contributed by atoms with Crippen molar-refractivity contribution < 1.29 is 34.3 Å². The summed E-state index contributed by atoms with van der Waals surface area (Å²) < 4.78 is 0. The maximum absolute atomic E-state index is 12.2. The topological polar surface area (TPSA) is 154 Å². The molecular formula is C26H42N5O7P. The molecule has 4 N–H and O–H groups in total. The third kappa shape index (κ3) is 13.4. The van der Waals surface area contributed by atoms with E-state index in [0.717, 1.165) is 11.8 Å². The first-order chi connectivity index (χ1) is 18.5. The van der Waals surface area contributed by atoms with E-state index in [4.69, 9.17) is 0 Å². The molecule has 1 fully saturated rings. The number of aliphatic carboxylic acids is 2. The van der Waals surface area contributed by atoms with E-state index < -0.39 is 20.1 Å². The van der Waals surface area contributed by atoms with Gasteiger partial charge in [-0.3, -0.25) is 34.0 Å². The van der Waals surface area contributed by atoms with E-state index >= 15 is 0 Å². The second kappa shape index (κ2) is 17.3. The third-order valence-corrected chi connectivity index (χ3v) is 7.80. The Morgan fingerprint density at radius 1 is 0.846 bits per heavy atom. The summed E-state index contributed by atoms with van der Waals surface area (Å²) >= 11 is 0. The van der Waals surface area contributed by atoms with Gasteiger partial charge in [0.2, 0.25) is 0 Å². The maximum atomic E-state index is 12.2. The summed E-state index contributed by atoms with van der Waals surface area (Å²) in [6.45, 7) is 7.55. The highest BCUT2D eigenvalue weighted by atomic mass is 31.1. The van der Waals surface area contributed by atoms with E-state index in [-0.39, 0.29) is 31.6 Å². The number of hydrogen-bond acceptors (Lipinski definition) is 9. The summed E-state index contributed by atoms with van der Waals surface area (Å²) in [4.78, 5) is 64.7. The molecule has 1 amide bonds. The summed E-state index contributed by atoms with van der Waals surface area (Å²) in [7, 11) is -1.41. The van der Waals surface area contributed by atoms with Gasteiger partial charge in [-0.2, -0.15) is 0 Å². The first-order valence-electron chi connectivity index (χ1n) is 13.2. The van der Waals surface area contributed by atoms with E-state index in [9.17, 15) is 34.3 Å². The smallest absolute Gasteiger partial charge is 0.317 e. The van der Waals surface area contributed by atoms with Crippen LogP contribution < -0.4 is 5.32 Å². The average Bonchev–Trinajstić information content (AvgIpc) is 2.85. The number of carboxylic acid groups (broad SMARTS) is 2. The number of carbonyl (C=O) groups excluding carboxylic acids is 2. The molecule has 1 heterocycles. The highest BCUT2D eigenvalue weighted by Crippen LogP contribution is 2.35. The van der Waals surface area contributed by atoms with Crippen LogP contribution in [0.25, 0.3) is 0 Å². The summed E-state index contributed by atoms with van der Waals surface area (Å²) in [6, 6.07) is 7.24. The Morgan fingerprint density at radius 3 is 1.74 bits per heavy atom. The quantitative estimate of drug-likeness (QED) is 0.203. The standard InChI is InChI=1S/C26H42N5O7P/c1-21(2)27-26(37)23-5-3-22(4-6-23)19-39(38)20-31-13-8-28(15-16-32)7-9-29(17-24(33)34)10-11-30(12-14-31)18-25(35)36/h3-6,16,21,38H,7-15,17-20H2,1-2H3,(H,27,37)(H,33,34)(H,35,36). The Morgan fingerprint density at radius 2 is 1.31 bits per heavy atom. The Labute approximate surface area is 231 Å². The molecule has 218 valence electrons. The van der Waals surface area contributed by atoms with Crippen molar-refractivity contribution in [3.63, 3.8) is 0 Å². The first kappa shape index (κ1) is 32.7. The summed E-state index contributed by atoms with van der Waals surface area (Å²) in [5, 5.41) is 21.5. The van der Waals surface area contributed by atoms with Gasteiger partial charge in [-0.15, -0.1) is 0 Å². The van der Waals surface area contributed by atoms with Crippen LogP contribution in [0.15, 0.2) is 24.3 Å². The van der Waals surface area contributed by atoms with Gasteiger partial charge in [0, 0.05) is 84.6 Å². The Bertz CT molecular complexity index is 934. The lowest BCUT2D eigenvalue weighted by Gasteiger charge is -2.33. The Kier molecular flexibility index (Phi) is 14.5. The number of nitrogens with zero attached hydrogens (tertiary/aromatic N) is 4. The highest BCUT2D eigenvalue weighted by molar-refractivity contribution is 7.50. The van der Waals surface area contributed by atoms with Crippen molar-refractivity contribution in [2.24, 2.45) is 0 Å². The predicted octanol–water partition coefficient (Wildman–Crippen LogP) is 0.261.